The van der Waals surface area contributed by atoms with Crippen LogP contribution in [-0.4, -0.2) is 25.7 Å². The average molecular weight is 314 g/mol. The number of hydrogen-bond donors (Lipinski definition) is 3. The standard InChI is InChI=1S/C17H22N4O2/c1-22-15-7-12(6-13(8-18)17(15)23-2)14-10-20-21-16(14)11-4-3-5-19-9-11/h3-7,9,14,16,20-21H,8,10,18H2,1-2H3. The molecule has 3 rings (SSSR count). The molecule has 2 aromatic rings. The molecule has 1 aliphatic heterocycles. The lowest BCUT2D eigenvalue weighted by Crippen LogP contribution is -2.24. The monoisotopic (exact) mass is 314 g/mol. The summed E-state index contributed by atoms with van der Waals surface area (Å²) in [4.78, 5) is 4.22. The highest BCUT2D eigenvalue weighted by molar-refractivity contribution is 5.51. The molecule has 0 radical (unpaired) electrons. The highest BCUT2D eigenvalue weighted by Crippen LogP contribution is 2.39. The smallest absolute Gasteiger partial charge is 0.165 e. The average Bonchev–Trinajstić information content (AvgIpc) is 3.10. The van der Waals surface area contributed by atoms with Crippen molar-refractivity contribution in [2.45, 2.75) is 18.5 Å². The van der Waals surface area contributed by atoms with E-state index in [4.69, 9.17) is 15.2 Å². The molecule has 0 amide bonds. The Morgan fingerprint density at radius 1 is 1.26 bits per heavy atom. The first-order valence-corrected chi connectivity index (χ1v) is 7.61. The van der Waals surface area contributed by atoms with E-state index in [1.807, 2.05) is 18.3 Å². The SMILES string of the molecule is COc1cc(C2CNNC2c2cccnc2)cc(CN)c1OC. The Balaban J connectivity index is 2.00. The van der Waals surface area contributed by atoms with E-state index in [2.05, 4.69) is 28.0 Å². The van der Waals surface area contributed by atoms with Crippen LogP contribution in [0, 0.1) is 0 Å². The largest absolute Gasteiger partial charge is 0.493 e. The molecule has 0 bridgehead atoms. The van der Waals surface area contributed by atoms with E-state index in [9.17, 15) is 0 Å². The Kier molecular flexibility index (Phi) is 4.76. The summed E-state index contributed by atoms with van der Waals surface area (Å²) in [5, 5.41) is 0. The number of nitrogens with one attached hydrogen (secondary N) is 2. The zero-order valence-electron chi connectivity index (χ0n) is 13.4. The van der Waals surface area contributed by atoms with E-state index >= 15 is 0 Å². The van der Waals surface area contributed by atoms with Crippen molar-refractivity contribution in [2.75, 3.05) is 20.8 Å². The minimum atomic E-state index is 0.146. The summed E-state index contributed by atoms with van der Waals surface area (Å²) in [6, 6.07) is 8.30. The highest BCUT2D eigenvalue weighted by Gasteiger charge is 2.31. The van der Waals surface area contributed by atoms with Gasteiger partial charge >= 0.3 is 0 Å². The van der Waals surface area contributed by atoms with Crippen molar-refractivity contribution >= 4 is 0 Å². The second-order valence-corrected chi connectivity index (χ2v) is 5.52. The van der Waals surface area contributed by atoms with Crippen LogP contribution in [0.1, 0.15) is 28.7 Å². The summed E-state index contributed by atoms with van der Waals surface area (Å²) < 4.78 is 10.9. The second-order valence-electron chi connectivity index (χ2n) is 5.52. The van der Waals surface area contributed by atoms with Gasteiger partial charge in [0.05, 0.1) is 20.3 Å². The normalized spacial score (nSPS) is 20.5. The van der Waals surface area contributed by atoms with Gasteiger partial charge in [0.25, 0.3) is 0 Å². The summed E-state index contributed by atoms with van der Waals surface area (Å²) >= 11 is 0. The van der Waals surface area contributed by atoms with Crippen molar-refractivity contribution in [1.82, 2.24) is 15.8 Å². The molecule has 6 heteroatoms. The number of hydrogen-bond acceptors (Lipinski definition) is 6. The molecule has 1 aromatic heterocycles. The van der Waals surface area contributed by atoms with Gasteiger partial charge in [-0.05, 0) is 23.3 Å². The highest BCUT2D eigenvalue weighted by atomic mass is 16.5. The van der Waals surface area contributed by atoms with E-state index in [1.54, 1.807) is 20.4 Å². The Bertz CT molecular complexity index is 638. The van der Waals surface area contributed by atoms with Crippen LogP contribution in [0.4, 0.5) is 0 Å². The molecule has 6 nitrogen and oxygen atoms in total. The maximum atomic E-state index is 5.89. The first-order chi connectivity index (χ1) is 11.3. The third kappa shape index (κ3) is 3.01. The third-order valence-corrected chi connectivity index (χ3v) is 4.25. The quantitative estimate of drug-likeness (QED) is 0.776. The molecule has 2 heterocycles. The lowest BCUT2D eigenvalue weighted by Gasteiger charge is -2.21. The zero-order valence-corrected chi connectivity index (χ0v) is 13.4. The molecule has 23 heavy (non-hydrogen) atoms. The van der Waals surface area contributed by atoms with E-state index < -0.39 is 0 Å². The molecule has 4 N–H and O–H groups in total. The molecular formula is C17H22N4O2. The lowest BCUT2D eigenvalue weighted by atomic mass is 9.88. The van der Waals surface area contributed by atoms with Crippen molar-refractivity contribution in [2.24, 2.45) is 5.73 Å². The van der Waals surface area contributed by atoms with Crippen LogP contribution in [0.3, 0.4) is 0 Å². The number of nitrogens with two attached hydrogens (primary N) is 1. The molecule has 0 saturated carbocycles. The van der Waals surface area contributed by atoms with Gasteiger partial charge < -0.3 is 15.2 Å². The van der Waals surface area contributed by atoms with E-state index in [0.29, 0.717) is 18.0 Å². The number of ether oxygens (including phenoxy) is 2. The van der Waals surface area contributed by atoms with Gasteiger partial charge in [0.1, 0.15) is 0 Å². The summed E-state index contributed by atoms with van der Waals surface area (Å²) in [6.45, 7) is 1.22. The Labute approximate surface area is 136 Å². The minimum Gasteiger partial charge on any atom is -0.493 e. The van der Waals surface area contributed by atoms with E-state index in [0.717, 1.165) is 23.2 Å². The summed E-state index contributed by atoms with van der Waals surface area (Å²) in [6.07, 6.45) is 3.67. The molecule has 122 valence electrons. The van der Waals surface area contributed by atoms with Crippen LogP contribution in [0.25, 0.3) is 0 Å². The molecule has 1 aliphatic rings. The van der Waals surface area contributed by atoms with Crippen molar-refractivity contribution in [3.63, 3.8) is 0 Å². The fraction of sp³-hybridized carbons (Fsp3) is 0.353. The van der Waals surface area contributed by atoms with Gasteiger partial charge in [-0.1, -0.05) is 12.1 Å². The van der Waals surface area contributed by atoms with Crippen molar-refractivity contribution < 1.29 is 9.47 Å². The number of aromatic nitrogens is 1. The summed E-state index contributed by atoms with van der Waals surface area (Å²) in [7, 11) is 3.28. The fourth-order valence-electron chi connectivity index (χ4n) is 3.12. The number of benzene rings is 1. The Morgan fingerprint density at radius 3 is 2.78 bits per heavy atom. The van der Waals surface area contributed by atoms with Gasteiger partial charge in [-0.25, -0.2) is 5.43 Å². The van der Waals surface area contributed by atoms with Gasteiger partial charge in [0, 0.05) is 37.0 Å². The topological polar surface area (TPSA) is 81.4 Å². The van der Waals surface area contributed by atoms with E-state index in [-0.39, 0.29) is 12.0 Å². The molecule has 1 saturated heterocycles. The maximum absolute atomic E-state index is 5.89. The number of methoxy groups -OCH3 is 2. The number of pyridine rings is 1. The number of hydrazine groups is 1. The first-order valence-electron chi connectivity index (χ1n) is 7.61. The van der Waals surface area contributed by atoms with Crippen LogP contribution < -0.4 is 26.1 Å². The van der Waals surface area contributed by atoms with Gasteiger partial charge in [-0.2, -0.15) is 0 Å². The predicted octanol–water partition coefficient (Wildman–Crippen LogP) is 1.49. The maximum Gasteiger partial charge on any atom is 0.165 e. The van der Waals surface area contributed by atoms with Crippen molar-refractivity contribution in [3.8, 4) is 11.5 Å². The van der Waals surface area contributed by atoms with Crippen molar-refractivity contribution in [3.05, 3.63) is 53.3 Å². The van der Waals surface area contributed by atoms with Crippen LogP contribution >= 0.6 is 0 Å². The third-order valence-electron chi connectivity index (χ3n) is 4.25. The van der Waals surface area contributed by atoms with Crippen LogP contribution in [0.5, 0.6) is 11.5 Å². The van der Waals surface area contributed by atoms with Crippen LogP contribution in [0.2, 0.25) is 0 Å². The molecular weight excluding hydrogens is 292 g/mol. The van der Waals surface area contributed by atoms with Crippen LogP contribution in [-0.2, 0) is 6.54 Å². The molecule has 1 aromatic carbocycles. The van der Waals surface area contributed by atoms with E-state index in [1.165, 1.54) is 0 Å². The van der Waals surface area contributed by atoms with Gasteiger partial charge in [-0.15, -0.1) is 0 Å². The van der Waals surface area contributed by atoms with Gasteiger partial charge in [0.2, 0.25) is 0 Å². The Morgan fingerprint density at radius 2 is 2.13 bits per heavy atom. The molecule has 0 aliphatic carbocycles. The molecule has 2 unspecified atom stereocenters. The Hall–Kier alpha value is -2.15. The van der Waals surface area contributed by atoms with Crippen molar-refractivity contribution in [1.29, 1.82) is 0 Å². The van der Waals surface area contributed by atoms with Gasteiger partial charge in [0.15, 0.2) is 11.5 Å². The molecule has 0 spiro atoms. The van der Waals surface area contributed by atoms with Crippen LogP contribution in [0.15, 0.2) is 36.7 Å². The fourth-order valence-corrected chi connectivity index (χ4v) is 3.12. The number of nitrogens with zero attached hydrogens (tertiary/aromatic N) is 1. The first kappa shape index (κ1) is 15.7. The summed E-state index contributed by atoms with van der Waals surface area (Å²) in [5.41, 5.74) is 15.7. The van der Waals surface area contributed by atoms with Gasteiger partial charge in [-0.3, -0.25) is 10.4 Å². The predicted molar refractivity (Wildman–Crippen MR) is 88.3 cm³/mol. The molecule has 2 atom stereocenters. The number of rotatable bonds is 5. The lowest BCUT2D eigenvalue weighted by molar-refractivity contribution is 0.351. The zero-order chi connectivity index (χ0) is 16.2. The minimum absolute atomic E-state index is 0.146. The summed E-state index contributed by atoms with van der Waals surface area (Å²) in [5.74, 6) is 1.67. The molecule has 1 fully saturated rings. The second kappa shape index (κ2) is 6.95.